The van der Waals surface area contributed by atoms with Gasteiger partial charge in [-0.25, -0.2) is 8.42 Å². The van der Waals surface area contributed by atoms with Crippen LogP contribution < -0.4 is 10.6 Å². The average Bonchev–Trinajstić information content (AvgIpc) is 3.28. The maximum atomic E-state index is 12.0. The van der Waals surface area contributed by atoms with Gasteiger partial charge < -0.3 is 10.1 Å². The van der Waals surface area contributed by atoms with Crippen molar-refractivity contribution in [1.82, 2.24) is 10.6 Å². The number of hydrogen-bond acceptors (Lipinski definition) is 6. The van der Waals surface area contributed by atoms with E-state index in [0.717, 1.165) is 31.4 Å². The summed E-state index contributed by atoms with van der Waals surface area (Å²) in [6.07, 6.45) is 10.8. The van der Waals surface area contributed by atoms with Crippen LogP contribution in [0.25, 0.3) is 0 Å². The van der Waals surface area contributed by atoms with Gasteiger partial charge in [-0.1, -0.05) is 50.3 Å². The molecule has 1 aliphatic heterocycles. The molecular weight excluding hydrogens is 440 g/mol. The third kappa shape index (κ3) is 5.28. The largest absolute Gasteiger partial charge is 0.367 e. The predicted molar refractivity (Wildman–Crippen MR) is 131 cm³/mol. The predicted octanol–water partition coefficient (Wildman–Crippen LogP) is 5.05. The monoisotopic (exact) mass is 476 g/mol. The Labute approximate surface area is 196 Å². The highest BCUT2D eigenvalue weighted by molar-refractivity contribution is 7.90. The molecule has 1 aromatic carbocycles. The Bertz CT molecular complexity index is 950. The second-order valence-corrected chi connectivity index (χ2v) is 12.5. The van der Waals surface area contributed by atoms with Gasteiger partial charge in [0, 0.05) is 48.7 Å². The Morgan fingerprint density at radius 2 is 1.78 bits per heavy atom. The van der Waals surface area contributed by atoms with Crippen molar-refractivity contribution in [3.63, 3.8) is 0 Å². The van der Waals surface area contributed by atoms with Gasteiger partial charge in [-0.3, -0.25) is 5.32 Å². The molecule has 2 fully saturated rings. The first kappa shape index (κ1) is 23.9. The second-order valence-electron chi connectivity index (χ2n) is 9.41. The van der Waals surface area contributed by atoms with Crippen molar-refractivity contribution >= 4 is 21.2 Å². The van der Waals surface area contributed by atoms with Crippen molar-refractivity contribution in [2.45, 2.75) is 81.1 Å². The van der Waals surface area contributed by atoms with Crippen LogP contribution in [0.5, 0.6) is 0 Å². The average molecular weight is 477 g/mol. The SMILES string of the molecule is COC1CC(NCc2cccs2)C2(CCCCCCC2)C(c2ccc(S(C)(=O)=O)cc2)N1. The van der Waals surface area contributed by atoms with E-state index in [2.05, 4.69) is 28.1 Å². The Morgan fingerprint density at radius 1 is 1.09 bits per heavy atom. The van der Waals surface area contributed by atoms with Crippen molar-refractivity contribution in [1.29, 1.82) is 0 Å². The van der Waals surface area contributed by atoms with Gasteiger partial charge in [0.1, 0.15) is 6.23 Å². The molecule has 1 aromatic heterocycles. The van der Waals surface area contributed by atoms with E-state index in [1.807, 2.05) is 12.1 Å². The summed E-state index contributed by atoms with van der Waals surface area (Å²) in [5, 5.41) is 9.86. The molecule has 7 heteroatoms. The summed E-state index contributed by atoms with van der Waals surface area (Å²) in [5.41, 5.74) is 1.22. The lowest BCUT2D eigenvalue weighted by Crippen LogP contribution is -2.61. The zero-order valence-electron chi connectivity index (χ0n) is 19.2. The Kier molecular flexibility index (Phi) is 7.73. The standard InChI is InChI=1S/C25H36N2O3S2/c1-30-23-17-22(26-18-20-9-8-16-31-20)25(14-6-4-3-5-7-15-25)24(27-23)19-10-12-21(13-11-19)32(2,28)29/h8-13,16,22-24,26-27H,3-7,14-15,17-18H2,1-2H3. The van der Waals surface area contributed by atoms with E-state index in [-0.39, 0.29) is 17.7 Å². The minimum Gasteiger partial charge on any atom is -0.367 e. The molecule has 1 spiro atoms. The molecule has 1 aliphatic carbocycles. The number of benzene rings is 1. The Hall–Kier alpha value is -1.25. The summed E-state index contributed by atoms with van der Waals surface area (Å²) in [6.45, 7) is 0.875. The molecule has 2 aliphatic rings. The van der Waals surface area contributed by atoms with E-state index in [1.54, 1.807) is 30.6 Å². The lowest BCUT2D eigenvalue weighted by Gasteiger charge is -2.54. The van der Waals surface area contributed by atoms with Crippen LogP contribution in [0.2, 0.25) is 0 Å². The van der Waals surface area contributed by atoms with E-state index in [4.69, 9.17) is 4.74 Å². The van der Waals surface area contributed by atoms with Crippen LogP contribution in [0.4, 0.5) is 0 Å². The highest BCUT2D eigenvalue weighted by Crippen LogP contribution is 2.51. The van der Waals surface area contributed by atoms with Gasteiger partial charge in [-0.05, 0) is 42.0 Å². The molecule has 2 aromatic rings. The zero-order chi connectivity index (χ0) is 22.6. The summed E-state index contributed by atoms with van der Waals surface area (Å²) >= 11 is 1.80. The third-order valence-electron chi connectivity index (χ3n) is 7.38. The fraction of sp³-hybridized carbons (Fsp3) is 0.600. The van der Waals surface area contributed by atoms with Crippen LogP contribution in [0, 0.1) is 5.41 Å². The van der Waals surface area contributed by atoms with E-state index < -0.39 is 9.84 Å². The number of sulfone groups is 1. The van der Waals surface area contributed by atoms with Crippen LogP contribution in [0.1, 0.15) is 67.8 Å². The maximum Gasteiger partial charge on any atom is 0.175 e. The minimum absolute atomic E-state index is 0.0357. The van der Waals surface area contributed by atoms with Crippen molar-refractivity contribution in [2.75, 3.05) is 13.4 Å². The van der Waals surface area contributed by atoms with Crippen molar-refractivity contribution in [3.8, 4) is 0 Å². The van der Waals surface area contributed by atoms with Crippen molar-refractivity contribution in [2.24, 2.45) is 5.41 Å². The molecule has 5 nitrogen and oxygen atoms in total. The van der Waals surface area contributed by atoms with Gasteiger partial charge in [-0.15, -0.1) is 11.3 Å². The van der Waals surface area contributed by atoms with E-state index in [9.17, 15) is 8.42 Å². The highest BCUT2D eigenvalue weighted by Gasteiger charge is 2.50. The lowest BCUT2D eigenvalue weighted by molar-refractivity contribution is -0.0526. The van der Waals surface area contributed by atoms with Gasteiger partial charge in [-0.2, -0.15) is 0 Å². The van der Waals surface area contributed by atoms with Gasteiger partial charge in [0.2, 0.25) is 0 Å². The molecule has 0 bridgehead atoms. The maximum absolute atomic E-state index is 12.0. The topological polar surface area (TPSA) is 67.4 Å². The highest BCUT2D eigenvalue weighted by atomic mass is 32.2. The van der Waals surface area contributed by atoms with Crippen LogP contribution in [-0.2, 0) is 21.1 Å². The number of methoxy groups -OCH3 is 1. The Morgan fingerprint density at radius 3 is 2.38 bits per heavy atom. The first-order chi connectivity index (χ1) is 15.4. The molecule has 3 atom stereocenters. The molecule has 2 N–H and O–H groups in total. The quantitative estimate of drug-likeness (QED) is 0.611. The lowest BCUT2D eigenvalue weighted by atomic mass is 9.61. The molecule has 0 amide bonds. The third-order valence-corrected chi connectivity index (χ3v) is 9.39. The summed E-state index contributed by atoms with van der Waals surface area (Å²) < 4.78 is 29.8. The smallest absolute Gasteiger partial charge is 0.175 e. The number of piperidine rings is 1. The van der Waals surface area contributed by atoms with Gasteiger partial charge in [0.05, 0.1) is 4.90 Å². The molecule has 32 heavy (non-hydrogen) atoms. The number of thiophene rings is 1. The molecule has 3 unspecified atom stereocenters. The van der Waals surface area contributed by atoms with Crippen LogP contribution in [0.3, 0.4) is 0 Å². The normalized spacial score (nSPS) is 26.5. The fourth-order valence-electron chi connectivity index (χ4n) is 5.69. The minimum atomic E-state index is -3.21. The fourth-order valence-corrected chi connectivity index (χ4v) is 6.98. The second kappa shape index (κ2) is 10.3. The first-order valence-corrected chi connectivity index (χ1v) is 14.5. The van der Waals surface area contributed by atoms with Crippen LogP contribution in [-0.4, -0.2) is 34.1 Å². The molecule has 2 heterocycles. The van der Waals surface area contributed by atoms with E-state index >= 15 is 0 Å². The zero-order valence-corrected chi connectivity index (χ0v) is 20.8. The van der Waals surface area contributed by atoms with Crippen molar-refractivity contribution < 1.29 is 13.2 Å². The van der Waals surface area contributed by atoms with E-state index in [1.165, 1.54) is 43.2 Å². The summed E-state index contributed by atoms with van der Waals surface area (Å²) in [7, 11) is -1.44. The molecule has 1 saturated carbocycles. The van der Waals surface area contributed by atoms with Crippen LogP contribution >= 0.6 is 11.3 Å². The first-order valence-electron chi connectivity index (χ1n) is 11.8. The summed E-state index contributed by atoms with van der Waals surface area (Å²) in [6, 6.07) is 12.3. The molecule has 4 rings (SSSR count). The van der Waals surface area contributed by atoms with Crippen molar-refractivity contribution in [3.05, 3.63) is 52.2 Å². The Balaban J connectivity index is 1.69. The number of rotatable bonds is 6. The van der Waals surface area contributed by atoms with Crippen LogP contribution in [0.15, 0.2) is 46.7 Å². The van der Waals surface area contributed by atoms with E-state index in [0.29, 0.717) is 10.9 Å². The summed E-state index contributed by atoms with van der Waals surface area (Å²) in [5.74, 6) is 0. The summed E-state index contributed by atoms with van der Waals surface area (Å²) in [4.78, 5) is 1.73. The number of nitrogens with one attached hydrogen (secondary N) is 2. The van der Waals surface area contributed by atoms with Gasteiger partial charge in [0.25, 0.3) is 0 Å². The number of hydrogen-bond donors (Lipinski definition) is 2. The molecule has 0 radical (unpaired) electrons. The molecule has 1 saturated heterocycles. The molecule has 176 valence electrons. The molecular formula is C25H36N2O3S2. The van der Waals surface area contributed by atoms with Gasteiger partial charge in [0.15, 0.2) is 9.84 Å². The van der Waals surface area contributed by atoms with Gasteiger partial charge >= 0.3 is 0 Å². The number of ether oxygens (including phenoxy) is 1.